The maximum atomic E-state index is 12.0. The second kappa shape index (κ2) is 7.61. The fourth-order valence-corrected chi connectivity index (χ4v) is 2.21. The van der Waals surface area contributed by atoms with Crippen LogP contribution in [-0.4, -0.2) is 19.6 Å². The molecule has 22 heavy (non-hydrogen) atoms. The standard InChI is InChI=1S/C18H21NO3/c1-13-7-8-17(14(2)9-13)22-12-18(20)19-16-6-4-5-15(10-16)11-21-3/h4-10H,11-12H2,1-3H3,(H,19,20). The van der Waals surface area contributed by atoms with Gasteiger partial charge in [-0.3, -0.25) is 4.79 Å². The van der Waals surface area contributed by atoms with Crippen LogP contribution in [0.2, 0.25) is 0 Å². The zero-order chi connectivity index (χ0) is 15.9. The van der Waals surface area contributed by atoms with Crippen molar-refractivity contribution in [2.75, 3.05) is 19.0 Å². The van der Waals surface area contributed by atoms with E-state index in [4.69, 9.17) is 9.47 Å². The molecule has 0 aliphatic heterocycles. The first-order valence-corrected chi connectivity index (χ1v) is 7.16. The molecular formula is C18H21NO3. The minimum atomic E-state index is -0.186. The Bertz CT molecular complexity index is 653. The van der Waals surface area contributed by atoms with Gasteiger partial charge in [-0.05, 0) is 43.2 Å². The average Bonchev–Trinajstić information content (AvgIpc) is 2.47. The van der Waals surface area contributed by atoms with Crippen molar-refractivity contribution < 1.29 is 14.3 Å². The highest BCUT2D eigenvalue weighted by Gasteiger charge is 2.06. The predicted octanol–water partition coefficient (Wildman–Crippen LogP) is 3.47. The van der Waals surface area contributed by atoms with Crippen molar-refractivity contribution >= 4 is 11.6 Å². The molecule has 0 aliphatic carbocycles. The molecule has 0 bridgehead atoms. The van der Waals surface area contributed by atoms with Gasteiger partial charge in [-0.2, -0.15) is 0 Å². The SMILES string of the molecule is COCc1cccc(NC(=O)COc2ccc(C)cc2C)c1. The van der Waals surface area contributed by atoms with E-state index in [1.807, 2.05) is 56.3 Å². The summed E-state index contributed by atoms with van der Waals surface area (Å²) in [6, 6.07) is 13.4. The summed E-state index contributed by atoms with van der Waals surface area (Å²) in [5, 5.41) is 2.82. The number of benzene rings is 2. The third-order valence-corrected chi connectivity index (χ3v) is 3.21. The molecule has 1 N–H and O–H groups in total. The molecule has 2 rings (SSSR count). The summed E-state index contributed by atoms with van der Waals surface area (Å²) in [5.74, 6) is 0.545. The highest BCUT2D eigenvalue weighted by molar-refractivity contribution is 5.91. The van der Waals surface area contributed by atoms with Gasteiger partial charge >= 0.3 is 0 Å². The van der Waals surface area contributed by atoms with Gasteiger partial charge in [0.05, 0.1) is 6.61 Å². The lowest BCUT2D eigenvalue weighted by molar-refractivity contribution is -0.118. The molecule has 0 spiro atoms. The van der Waals surface area contributed by atoms with Crippen LogP contribution in [0.1, 0.15) is 16.7 Å². The number of amides is 1. The summed E-state index contributed by atoms with van der Waals surface area (Å²) in [4.78, 5) is 12.0. The van der Waals surface area contributed by atoms with E-state index in [9.17, 15) is 4.79 Å². The van der Waals surface area contributed by atoms with Gasteiger partial charge in [0.2, 0.25) is 0 Å². The van der Waals surface area contributed by atoms with E-state index in [-0.39, 0.29) is 12.5 Å². The minimum Gasteiger partial charge on any atom is -0.483 e. The summed E-state index contributed by atoms with van der Waals surface area (Å²) < 4.78 is 10.6. The van der Waals surface area contributed by atoms with E-state index >= 15 is 0 Å². The predicted molar refractivity (Wildman–Crippen MR) is 87.2 cm³/mol. The number of methoxy groups -OCH3 is 1. The Hall–Kier alpha value is -2.33. The molecule has 0 saturated carbocycles. The Morgan fingerprint density at radius 3 is 2.68 bits per heavy atom. The number of rotatable bonds is 6. The van der Waals surface area contributed by atoms with Crippen LogP contribution >= 0.6 is 0 Å². The molecule has 0 fully saturated rings. The second-order valence-corrected chi connectivity index (χ2v) is 5.24. The van der Waals surface area contributed by atoms with Gasteiger partial charge in [0.15, 0.2) is 6.61 Å². The number of aryl methyl sites for hydroxylation is 2. The molecule has 0 unspecified atom stereocenters. The number of hydrogen-bond acceptors (Lipinski definition) is 3. The van der Waals surface area contributed by atoms with E-state index in [1.54, 1.807) is 7.11 Å². The molecule has 0 aromatic heterocycles. The molecule has 0 aliphatic rings. The quantitative estimate of drug-likeness (QED) is 0.888. The van der Waals surface area contributed by atoms with Crippen molar-refractivity contribution in [2.45, 2.75) is 20.5 Å². The lowest BCUT2D eigenvalue weighted by Crippen LogP contribution is -2.20. The van der Waals surface area contributed by atoms with E-state index in [0.29, 0.717) is 6.61 Å². The van der Waals surface area contributed by atoms with Gasteiger partial charge in [0.25, 0.3) is 5.91 Å². The molecule has 2 aromatic rings. The molecule has 0 heterocycles. The third kappa shape index (κ3) is 4.60. The van der Waals surface area contributed by atoms with Crippen LogP contribution in [0.25, 0.3) is 0 Å². The molecule has 0 atom stereocenters. The molecular weight excluding hydrogens is 278 g/mol. The summed E-state index contributed by atoms with van der Waals surface area (Å²) in [6.07, 6.45) is 0. The maximum absolute atomic E-state index is 12.0. The number of anilines is 1. The summed E-state index contributed by atoms with van der Waals surface area (Å²) in [6.45, 7) is 4.49. The summed E-state index contributed by atoms with van der Waals surface area (Å²) >= 11 is 0. The average molecular weight is 299 g/mol. The summed E-state index contributed by atoms with van der Waals surface area (Å²) in [5.41, 5.74) is 3.94. The van der Waals surface area contributed by atoms with Crippen LogP contribution in [0, 0.1) is 13.8 Å². The van der Waals surface area contributed by atoms with Crippen molar-refractivity contribution in [1.29, 1.82) is 0 Å². The number of carbonyl (C=O) groups excluding carboxylic acids is 1. The minimum absolute atomic E-state index is 0.0155. The van der Waals surface area contributed by atoms with Crippen molar-refractivity contribution in [3.63, 3.8) is 0 Å². The van der Waals surface area contributed by atoms with Crippen LogP contribution < -0.4 is 10.1 Å². The fourth-order valence-electron chi connectivity index (χ4n) is 2.21. The van der Waals surface area contributed by atoms with Crippen LogP contribution in [0.15, 0.2) is 42.5 Å². The first-order chi connectivity index (χ1) is 10.6. The number of ether oxygens (including phenoxy) is 2. The molecule has 0 radical (unpaired) electrons. The Kier molecular flexibility index (Phi) is 5.55. The Labute approximate surface area is 131 Å². The third-order valence-electron chi connectivity index (χ3n) is 3.21. The molecule has 1 amide bonds. The normalized spacial score (nSPS) is 10.3. The summed E-state index contributed by atoms with van der Waals surface area (Å²) in [7, 11) is 1.64. The van der Waals surface area contributed by atoms with Crippen molar-refractivity contribution in [1.82, 2.24) is 0 Å². The molecule has 2 aromatic carbocycles. The highest BCUT2D eigenvalue weighted by atomic mass is 16.5. The number of hydrogen-bond donors (Lipinski definition) is 1. The van der Waals surface area contributed by atoms with E-state index < -0.39 is 0 Å². The number of carbonyl (C=O) groups is 1. The lowest BCUT2D eigenvalue weighted by atomic mass is 10.1. The monoisotopic (exact) mass is 299 g/mol. The van der Waals surface area contributed by atoms with Crippen LogP contribution in [-0.2, 0) is 16.1 Å². The van der Waals surface area contributed by atoms with Crippen LogP contribution in [0.5, 0.6) is 5.75 Å². The lowest BCUT2D eigenvalue weighted by Gasteiger charge is -2.10. The van der Waals surface area contributed by atoms with Crippen molar-refractivity contribution in [2.24, 2.45) is 0 Å². The molecule has 116 valence electrons. The Morgan fingerprint density at radius 1 is 1.14 bits per heavy atom. The van der Waals surface area contributed by atoms with Gasteiger partial charge < -0.3 is 14.8 Å². The van der Waals surface area contributed by atoms with Gasteiger partial charge in [-0.15, -0.1) is 0 Å². The smallest absolute Gasteiger partial charge is 0.262 e. The maximum Gasteiger partial charge on any atom is 0.262 e. The zero-order valence-corrected chi connectivity index (χ0v) is 13.2. The Morgan fingerprint density at radius 2 is 1.95 bits per heavy atom. The first kappa shape index (κ1) is 16.0. The van der Waals surface area contributed by atoms with Crippen molar-refractivity contribution in [3.05, 3.63) is 59.2 Å². The van der Waals surface area contributed by atoms with Gasteiger partial charge in [0, 0.05) is 12.8 Å². The fraction of sp³-hybridized carbons (Fsp3) is 0.278. The van der Waals surface area contributed by atoms with Crippen LogP contribution in [0.4, 0.5) is 5.69 Å². The van der Waals surface area contributed by atoms with E-state index in [2.05, 4.69) is 5.32 Å². The number of nitrogens with one attached hydrogen (secondary N) is 1. The van der Waals surface area contributed by atoms with Gasteiger partial charge in [-0.25, -0.2) is 0 Å². The van der Waals surface area contributed by atoms with Gasteiger partial charge in [-0.1, -0.05) is 29.8 Å². The second-order valence-electron chi connectivity index (χ2n) is 5.24. The first-order valence-electron chi connectivity index (χ1n) is 7.16. The van der Waals surface area contributed by atoms with Crippen molar-refractivity contribution in [3.8, 4) is 5.75 Å². The topological polar surface area (TPSA) is 47.6 Å². The Balaban J connectivity index is 1.91. The molecule has 4 heteroatoms. The zero-order valence-electron chi connectivity index (χ0n) is 13.2. The van der Waals surface area contributed by atoms with E-state index in [0.717, 1.165) is 22.6 Å². The highest BCUT2D eigenvalue weighted by Crippen LogP contribution is 2.18. The molecule has 0 saturated heterocycles. The largest absolute Gasteiger partial charge is 0.483 e. The molecule has 4 nitrogen and oxygen atoms in total. The van der Waals surface area contributed by atoms with E-state index in [1.165, 1.54) is 5.56 Å². The van der Waals surface area contributed by atoms with Crippen LogP contribution in [0.3, 0.4) is 0 Å². The van der Waals surface area contributed by atoms with Gasteiger partial charge in [0.1, 0.15) is 5.75 Å².